The van der Waals surface area contributed by atoms with Gasteiger partial charge in [0.15, 0.2) is 0 Å². The highest BCUT2D eigenvalue weighted by Gasteiger charge is 2.09. The topological polar surface area (TPSA) is 9.23 Å². The summed E-state index contributed by atoms with van der Waals surface area (Å²) in [4.78, 5) is 0. The molecule has 3 rings (SSSR count). The van der Waals surface area contributed by atoms with Crippen molar-refractivity contribution < 1.29 is 4.74 Å². The highest BCUT2D eigenvalue weighted by Crippen LogP contribution is 2.36. The maximum Gasteiger partial charge on any atom is 0.134 e. The molecule has 0 bridgehead atoms. The Balaban J connectivity index is 2.00. The number of unbranched alkanes of at least 4 members (excludes halogenated alkanes) is 3. The SMILES string of the molecule is CCCCCCOc1c2ccccc2cc2ccc(Br)cc12. The first-order valence-electron chi connectivity index (χ1n) is 8.03. The van der Waals surface area contributed by atoms with Crippen LogP contribution in [-0.2, 0) is 0 Å². The second-order valence-corrected chi connectivity index (χ2v) is 6.62. The summed E-state index contributed by atoms with van der Waals surface area (Å²) < 4.78 is 7.30. The van der Waals surface area contributed by atoms with Crippen molar-refractivity contribution in [3.05, 3.63) is 53.0 Å². The van der Waals surface area contributed by atoms with Gasteiger partial charge in [-0.25, -0.2) is 0 Å². The lowest BCUT2D eigenvalue weighted by atomic mass is 10.0. The molecule has 0 spiro atoms. The van der Waals surface area contributed by atoms with Gasteiger partial charge in [0.2, 0.25) is 0 Å². The van der Waals surface area contributed by atoms with Crippen molar-refractivity contribution in [1.29, 1.82) is 0 Å². The molecule has 1 nitrogen and oxygen atoms in total. The molecular weight excluding hydrogens is 336 g/mol. The maximum absolute atomic E-state index is 6.21. The van der Waals surface area contributed by atoms with E-state index in [1.54, 1.807) is 0 Å². The van der Waals surface area contributed by atoms with Crippen LogP contribution in [0.1, 0.15) is 32.6 Å². The summed E-state index contributed by atoms with van der Waals surface area (Å²) in [5.74, 6) is 1.02. The van der Waals surface area contributed by atoms with Gasteiger partial charge < -0.3 is 4.74 Å². The molecule has 0 fully saturated rings. The molecule has 0 radical (unpaired) electrons. The zero-order chi connectivity index (χ0) is 15.4. The number of fused-ring (bicyclic) bond motifs is 2. The highest BCUT2D eigenvalue weighted by atomic mass is 79.9. The molecule has 0 heterocycles. The van der Waals surface area contributed by atoms with Gasteiger partial charge in [0.1, 0.15) is 5.75 Å². The average Bonchev–Trinajstić information content (AvgIpc) is 2.54. The van der Waals surface area contributed by atoms with E-state index in [1.807, 2.05) is 0 Å². The lowest BCUT2D eigenvalue weighted by Crippen LogP contribution is -1.99. The molecular formula is C20H21BrO. The Morgan fingerprint density at radius 1 is 0.864 bits per heavy atom. The number of hydrogen-bond donors (Lipinski definition) is 0. The van der Waals surface area contributed by atoms with Crippen LogP contribution in [-0.4, -0.2) is 6.61 Å². The summed E-state index contributed by atoms with van der Waals surface area (Å²) in [5, 5.41) is 4.85. The Labute approximate surface area is 140 Å². The first kappa shape index (κ1) is 15.4. The molecule has 0 aliphatic heterocycles. The molecule has 0 aromatic heterocycles. The molecule has 2 heteroatoms. The molecule has 0 unspecified atom stereocenters. The van der Waals surface area contributed by atoms with Crippen LogP contribution in [0.5, 0.6) is 5.75 Å². The normalized spacial score (nSPS) is 11.2. The first-order chi connectivity index (χ1) is 10.8. The fourth-order valence-electron chi connectivity index (χ4n) is 2.85. The van der Waals surface area contributed by atoms with E-state index < -0.39 is 0 Å². The van der Waals surface area contributed by atoms with Crippen molar-refractivity contribution in [1.82, 2.24) is 0 Å². The lowest BCUT2D eigenvalue weighted by Gasteiger charge is -2.13. The van der Waals surface area contributed by atoms with Crippen LogP contribution in [0.3, 0.4) is 0 Å². The summed E-state index contributed by atoms with van der Waals surface area (Å²) in [6, 6.07) is 17.1. The summed E-state index contributed by atoms with van der Waals surface area (Å²) in [6.45, 7) is 3.02. The van der Waals surface area contributed by atoms with Gasteiger partial charge in [-0.05, 0) is 35.4 Å². The molecule has 3 aromatic rings. The number of benzene rings is 3. The van der Waals surface area contributed by atoms with E-state index in [1.165, 1.54) is 40.8 Å². The largest absolute Gasteiger partial charge is 0.492 e. The van der Waals surface area contributed by atoms with Crippen molar-refractivity contribution in [2.45, 2.75) is 32.6 Å². The van der Waals surface area contributed by atoms with Crippen molar-refractivity contribution in [2.24, 2.45) is 0 Å². The first-order valence-corrected chi connectivity index (χ1v) is 8.82. The van der Waals surface area contributed by atoms with E-state index in [4.69, 9.17) is 4.74 Å². The molecule has 0 saturated carbocycles. The average molecular weight is 357 g/mol. The minimum Gasteiger partial charge on any atom is -0.492 e. The Kier molecular flexibility index (Phi) is 4.99. The van der Waals surface area contributed by atoms with Crippen LogP contribution in [0, 0.1) is 0 Å². The van der Waals surface area contributed by atoms with Gasteiger partial charge in [-0.3, -0.25) is 0 Å². The summed E-state index contributed by atoms with van der Waals surface area (Å²) in [6.07, 6.45) is 4.89. The van der Waals surface area contributed by atoms with Gasteiger partial charge in [-0.15, -0.1) is 0 Å². The Morgan fingerprint density at radius 3 is 2.55 bits per heavy atom. The summed E-state index contributed by atoms with van der Waals surface area (Å²) in [7, 11) is 0. The molecule has 0 amide bonds. The molecule has 114 valence electrons. The zero-order valence-electron chi connectivity index (χ0n) is 12.9. The third-order valence-electron chi connectivity index (χ3n) is 4.02. The van der Waals surface area contributed by atoms with Gasteiger partial charge >= 0.3 is 0 Å². The van der Waals surface area contributed by atoms with Crippen LogP contribution < -0.4 is 4.74 Å². The number of hydrogen-bond acceptors (Lipinski definition) is 1. The Hall–Kier alpha value is -1.54. The van der Waals surface area contributed by atoms with E-state index in [0.29, 0.717) is 0 Å². The minimum atomic E-state index is 0.787. The molecule has 22 heavy (non-hydrogen) atoms. The van der Waals surface area contributed by atoms with Crippen LogP contribution in [0.15, 0.2) is 53.0 Å². The molecule has 0 aliphatic rings. The Morgan fingerprint density at radius 2 is 1.68 bits per heavy atom. The fourth-order valence-corrected chi connectivity index (χ4v) is 3.21. The molecule has 0 aliphatic carbocycles. The fraction of sp³-hybridized carbons (Fsp3) is 0.300. The van der Waals surface area contributed by atoms with E-state index in [0.717, 1.165) is 23.2 Å². The predicted molar refractivity (Wildman–Crippen MR) is 98.8 cm³/mol. The van der Waals surface area contributed by atoms with Crippen LogP contribution in [0.2, 0.25) is 0 Å². The second kappa shape index (κ2) is 7.15. The number of rotatable bonds is 6. The zero-order valence-corrected chi connectivity index (χ0v) is 14.5. The molecule has 0 saturated heterocycles. The smallest absolute Gasteiger partial charge is 0.134 e. The molecule has 0 atom stereocenters. The summed E-state index contributed by atoms with van der Waals surface area (Å²) >= 11 is 3.58. The van der Waals surface area contributed by atoms with Crippen molar-refractivity contribution >= 4 is 37.5 Å². The second-order valence-electron chi connectivity index (χ2n) is 5.70. The van der Waals surface area contributed by atoms with Crippen molar-refractivity contribution in [2.75, 3.05) is 6.61 Å². The van der Waals surface area contributed by atoms with Gasteiger partial charge in [0.25, 0.3) is 0 Å². The van der Waals surface area contributed by atoms with Crippen LogP contribution in [0.4, 0.5) is 0 Å². The number of halogens is 1. The summed E-state index contributed by atoms with van der Waals surface area (Å²) in [5.41, 5.74) is 0. The molecule has 0 N–H and O–H groups in total. The van der Waals surface area contributed by atoms with E-state index in [-0.39, 0.29) is 0 Å². The third-order valence-corrected chi connectivity index (χ3v) is 4.51. The van der Waals surface area contributed by atoms with E-state index in [9.17, 15) is 0 Å². The van der Waals surface area contributed by atoms with E-state index in [2.05, 4.69) is 71.4 Å². The van der Waals surface area contributed by atoms with Crippen LogP contribution in [0.25, 0.3) is 21.5 Å². The minimum absolute atomic E-state index is 0.787. The maximum atomic E-state index is 6.21. The lowest BCUT2D eigenvalue weighted by molar-refractivity contribution is 0.312. The van der Waals surface area contributed by atoms with Gasteiger partial charge in [0, 0.05) is 15.2 Å². The Bertz CT molecular complexity index is 779. The number of ether oxygens (including phenoxy) is 1. The monoisotopic (exact) mass is 356 g/mol. The highest BCUT2D eigenvalue weighted by molar-refractivity contribution is 9.10. The van der Waals surface area contributed by atoms with Crippen molar-refractivity contribution in [3.8, 4) is 5.75 Å². The van der Waals surface area contributed by atoms with Gasteiger partial charge in [-0.2, -0.15) is 0 Å². The van der Waals surface area contributed by atoms with Crippen molar-refractivity contribution in [3.63, 3.8) is 0 Å². The van der Waals surface area contributed by atoms with Gasteiger partial charge in [-0.1, -0.05) is 72.4 Å². The standard InChI is InChI=1S/C20H21BrO/c1-2-3-4-7-12-22-20-18-9-6-5-8-15(18)13-16-10-11-17(21)14-19(16)20/h5-6,8-11,13-14H,2-4,7,12H2,1H3. The predicted octanol–water partition coefficient (Wildman–Crippen LogP) is 6.71. The molecule has 3 aromatic carbocycles. The quantitative estimate of drug-likeness (QED) is 0.352. The van der Waals surface area contributed by atoms with Gasteiger partial charge in [0.05, 0.1) is 6.61 Å². The third kappa shape index (κ3) is 3.27. The van der Waals surface area contributed by atoms with Crippen LogP contribution >= 0.6 is 15.9 Å². The van der Waals surface area contributed by atoms with E-state index >= 15 is 0 Å².